The summed E-state index contributed by atoms with van der Waals surface area (Å²) in [6.07, 6.45) is 3.13. The Hall–Kier alpha value is -2.89. The fourth-order valence-corrected chi connectivity index (χ4v) is 2.21. The lowest BCUT2D eigenvalue weighted by Gasteiger charge is -2.11. The molecule has 0 aliphatic carbocycles. The zero-order valence-corrected chi connectivity index (χ0v) is 11.1. The number of nitrogens with one attached hydrogen (secondary N) is 2. The molecule has 0 bridgehead atoms. The highest BCUT2D eigenvalue weighted by molar-refractivity contribution is 6.05. The van der Waals surface area contributed by atoms with Crippen LogP contribution in [-0.4, -0.2) is 15.9 Å². The topological polar surface area (TPSA) is 83.8 Å². The van der Waals surface area contributed by atoms with Crippen molar-refractivity contribution in [3.63, 3.8) is 0 Å². The van der Waals surface area contributed by atoms with E-state index in [1.165, 1.54) is 12.3 Å². The van der Waals surface area contributed by atoms with Gasteiger partial charge in [0.1, 0.15) is 11.5 Å². The predicted octanol–water partition coefficient (Wildman–Crippen LogP) is 2.41. The minimum absolute atomic E-state index is 0.247. The van der Waals surface area contributed by atoms with Gasteiger partial charge in [0.15, 0.2) is 0 Å². The molecule has 0 radical (unpaired) electrons. The smallest absolute Gasteiger partial charge is 0.252 e. The molecule has 3 aromatic rings. The van der Waals surface area contributed by atoms with Crippen molar-refractivity contribution in [2.24, 2.45) is 5.73 Å². The molecule has 0 aliphatic rings. The molecule has 2 heterocycles. The summed E-state index contributed by atoms with van der Waals surface area (Å²) in [6.45, 7) is 0.247. The summed E-state index contributed by atoms with van der Waals surface area (Å²) in [5.41, 5.74) is 7.34. The molecule has 5 nitrogen and oxygen atoms in total. The molecular weight excluding hydrogens is 271 g/mol. The van der Waals surface area contributed by atoms with E-state index in [-0.39, 0.29) is 17.9 Å². The summed E-state index contributed by atoms with van der Waals surface area (Å²) in [7, 11) is 0. The molecule has 6 heteroatoms. The van der Waals surface area contributed by atoms with Gasteiger partial charge in [-0.15, -0.1) is 0 Å². The molecule has 106 valence electrons. The number of H-pyrrole nitrogens is 1. The summed E-state index contributed by atoms with van der Waals surface area (Å²) in [5.74, 6) is -0.883. The van der Waals surface area contributed by atoms with Crippen molar-refractivity contribution >= 4 is 22.6 Å². The van der Waals surface area contributed by atoms with Crippen LogP contribution in [0.2, 0.25) is 0 Å². The zero-order valence-electron chi connectivity index (χ0n) is 11.1. The number of nitrogens with two attached hydrogens (primary N) is 1. The van der Waals surface area contributed by atoms with Crippen molar-refractivity contribution in [1.29, 1.82) is 0 Å². The Balaban J connectivity index is 1.99. The lowest BCUT2D eigenvalue weighted by atomic mass is 10.1. The minimum atomic E-state index is -0.582. The van der Waals surface area contributed by atoms with Gasteiger partial charge in [0.2, 0.25) is 0 Å². The number of anilines is 1. The Morgan fingerprint density at radius 3 is 2.90 bits per heavy atom. The second-order valence-corrected chi connectivity index (χ2v) is 4.60. The first-order chi connectivity index (χ1) is 10.2. The lowest BCUT2D eigenvalue weighted by Crippen LogP contribution is -2.15. The van der Waals surface area contributed by atoms with Gasteiger partial charge in [-0.1, -0.05) is 18.2 Å². The molecule has 3 rings (SSSR count). The molecule has 21 heavy (non-hydrogen) atoms. The Morgan fingerprint density at radius 2 is 2.14 bits per heavy atom. The van der Waals surface area contributed by atoms with Crippen LogP contribution in [0.3, 0.4) is 0 Å². The number of benzene rings is 1. The molecular formula is C15H13FN4O. The van der Waals surface area contributed by atoms with Crippen LogP contribution in [0.15, 0.2) is 42.7 Å². The van der Waals surface area contributed by atoms with Crippen LogP contribution < -0.4 is 11.1 Å². The summed E-state index contributed by atoms with van der Waals surface area (Å²) in [4.78, 5) is 18.6. The Morgan fingerprint density at radius 1 is 1.33 bits per heavy atom. The second kappa shape index (κ2) is 5.24. The molecule has 1 aromatic carbocycles. The Labute approximate surface area is 120 Å². The number of nitrogens with zero attached hydrogens (tertiary/aromatic N) is 1. The van der Waals surface area contributed by atoms with Gasteiger partial charge in [-0.2, -0.15) is 0 Å². The number of aromatic nitrogens is 2. The lowest BCUT2D eigenvalue weighted by molar-refractivity contribution is 0.100. The van der Waals surface area contributed by atoms with Gasteiger partial charge < -0.3 is 16.0 Å². The van der Waals surface area contributed by atoms with Crippen molar-refractivity contribution in [3.05, 3.63) is 59.7 Å². The van der Waals surface area contributed by atoms with Crippen molar-refractivity contribution in [1.82, 2.24) is 9.97 Å². The standard InChI is InChI=1S/C15H13FN4O/c16-12-4-2-1-3-9(12)7-19-13-10-5-6-18-15(10)20-8-11(13)14(17)21/h1-6,8H,7H2,(H2,17,21)(H2,18,19,20). The highest BCUT2D eigenvalue weighted by Gasteiger charge is 2.14. The van der Waals surface area contributed by atoms with Gasteiger partial charge in [0.05, 0.1) is 11.3 Å². The van der Waals surface area contributed by atoms with Crippen molar-refractivity contribution in [2.45, 2.75) is 6.54 Å². The van der Waals surface area contributed by atoms with E-state index in [4.69, 9.17) is 5.73 Å². The summed E-state index contributed by atoms with van der Waals surface area (Å²) >= 11 is 0. The third-order valence-corrected chi connectivity index (χ3v) is 3.27. The van der Waals surface area contributed by atoms with Crippen molar-refractivity contribution in [3.8, 4) is 0 Å². The largest absolute Gasteiger partial charge is 0.380 e. The molecule has 0 atom stereocenters. The monoisotopic (exact) mass is 284 g/mol. The van der Waals surface area contributed by atoms with E-state index in [1.54, 1.807) is 30.5 Å². The first kappa shape index (κ1) is 13.1. The summed E-state index contributed by atoms with van der Waals surface area (Å²) < 4.78 is 13.7. The molecule has 1 amide bonds. The maximum absolute atomic E-state index is 13.7. The number of halogens is 1. The fraction of sp³-hybridized carbons (Fsp3) is 0.0667. The van der Waals surface area contributed by atoms with Crippen LogP contribution in [-0.2, 0) is 6.54 Å². The first-order valence-corrected chi connectivity index (χ1v) is 6.40. The average Bonchev–Trinajstić information content (AvgIpc) is 2.94. The summed E-state index contributed by atoms with van der Waals surface area (Å²) in [5, 5.41) is 3.82. The van der Waals surface area contributed by atoms with Gasteiger partial charge in [-0.05, 0) is 12.1 Å². The van der Waals surface area contributed by atoms with E-state index in [0.29, 0.717) is 16.9 Å². The number of hydrogen-bond donors (Lipinski definition) is 3. The summed E-state index contributed by atoms with van der Waals surface area (Å²) in [6, 6.07) is 8.25. The van der Waals surface area contributed by atoms with Crippen LogP contribution in [0.4, 0.5) is 10.1 Å². The number of rotatable bonds is 4. The van der Waals surface area contributed by atoms with Crippen LogP contribution in [0.1, 0.15) is 15.9 Å². The van der Waals surface area contributed by atoms with Crippen LogP contribution in [0.5, 0.6) is 0 Å². The molecule has 0 saturated heterocycles. The predicted molar refractivity (Wildman–Crippen MR) is 78.3 cm³/mol. The van der Waals surface area contributed by atoms with Crippen molar-refractivity contribution in [2.75, 3.05) is 5.32 Å². The average molecular weight is 284 g/mol. The third kappa shape index (κ3) is 2.43. The number of pyridine rings is 1. The van der Waals surface area contributed by atoms with Crippen LogP contribution in [0, 0.1) is 5.82 Å². The number of carbonyl (C=O) groups excluding carboxylic acids is 1. The van der Waals surface area contributed by atoms with Gasteiger partial charge >= 0.3 is 0 Å². The van der Waals surface area contributed by atoms with E-state index in [2.05, 4.69) is 15.3 Å². The highest BCUT2D eigenvalue weighted by Crippen LogP contribution is 2.25. The molecule has 0 unspecified atom stereocenters. The van der Waals surface area contributed by atoms with Gasteiger partial charge in [0, 0.05) is 29.9 Å². The quantitative estimate of drug-likeness (QED) is 0.688. The van der Waals surface area contributed by atoms with Gasteiger partial charge in [0.25, 0.3) is 5.91 Å². The second-order valence-electron chi connectivity index (χ2n) is 4.60. The maximum Gasteiger partial charge on any atom is 0.252 e. The third-order valence-electron chi connectivity index (χ3n) is 3.27. The first-order valence-electron chi connectivity index (χ1n) is 6.40. The van der Waals surface area contributed by atoms with Gasteiger partial charge in [-0.3, -0.25) is 4.79 Å². The van der Waals surface area contributed by atoms with Gasteiger partial charge in [-0.25, -0.2) is 9.37 Å². The molecule has 0 fully saturated rings. The Kier molecular flexibility index (Phi) is 3.27. The number of fused-ring (bicyclic) bond motifs is 1. The zero-order chi connectivity index (χ0) is 14.8. The highest BCUT2D eigenvalue weighted by atomic mass is 19.1. The Bertz CT molecular complexity index is 812. The number of amides is 1. The number of carbonyl (C=O) groups is 1. The molecule has 4 N–H and O–H groups in total. The molecule has 2 aromatic heterocycles. The number of aromatic amines is 1. The maximum atomic E-state index is 13.7. The van der Waals surface area contributed by atoms with E-state index < -0.39 is 5.91 Å². The van der Waals surface area contributed by atoms with E-state index in [0.717, 1.165) is 5.39 Å². The molecule has 0 spiro atoms. The van der Waals surface area contributed by atoms with E-state index in [1.807, 2.05) is 0 Å². The van der Waals surface area contributed by atoms with Crippen LogP contribution in [0.25, 0.3) is 11.0 Å². The number of primary amides is 1. The fourth-order valence-electron chi connectivity index (χ4n) is 2.21. The number of hydrogen-bond acceptors (Lipinski definition) is 3. The normalized spacial score (nSPS) is 10.7. The minimum Gasteiger partial charge on any atom is -0.380 e. The molecule has 0 aliphatic heterocycles. The molecule has 0 saturated carbocycles. The van der Waals surface area contributed by atoms with E-state index in [9.17, 15) is 9.18 Å². The SMILES string of the molecule is NC(=O)c1cnc2[nH]ccc2c1NCc1ccccc1F. The van der Waals surface area contributed by atoms with Crippen LogP contribution >= 0.6 is 0 Å². The van der Waals surface area contributed by atoms with E-state index >= 15 is 0 Å². The van der Waals surface area contributed by atoms with Crippen molar-refractivity contribution < 1.29 is 9.18 Å².